The molecule has 0 rings (SSSR count). The number of esters is 3. The van der Waals surface area contributed by atoms with Crippen LogP contribution in [-0.2, 0) is 28.6 Å². The summed E-state index contributed by atoms with van der Waals surface area (Å²) < 4.78 is 16.7. The minimum Gasteiger partial charge on any atom is -0.462 e. The third kappa shape index (κ3) is 49.5. The first-order valence-corrected chi connectivity index (χ1v) is 26.1. The van der Waals surface area contributed by atoms with E-state index in [0.717, 1.165) is 96.3 Å². The van der Waals surface area contributed by atoms with Crippen molar-refractivity contribution in [2.24, 2.45) is 0 Å². The Morgan fingerprint density at radius 3 is 1.14 bits per heavy atom. The third-order valence-electron chi connectivity index (χ3n) is 10.9. The van der Waals surface area contributed by atoms with Gasteiger partial charge in [0, 0.05) is 12.8 Å². The molecule has 0 aromatic heterocycles. The van der Waals surface area contributed by atoms with Crippen molar-refractivity contribution in [3.8, 4) is 0 Å². The van der Waals surface area contributed by atoms with Crippen LogP contribution in [0.1, 0.15) is 239 Å². The highest BCUT2D eigenvalue weighted by atomic mass is 16.6. The monoisotopic (exact) mass is 877 g/mol. The van der Waals surface area contributed by atoms with Crippen LogP contribution in [0.15, 0.2) is 85.1 Å². The second kappa shape index (κ2) is 51.2. The van der Waals surface area contributed by atoms with Crippen molar-refractivity contribution >= 4 is 17.9 Å². The maximum absolute atomic E-state index is 12.8. The van der Waals surface area contributed by atoms with Crippen molar-refractivity contribution in [2.75, 3.05) is 13.2 Å². The van der Waals surface area contributed by atoms with Crippen molar-refractivity contribution in [3.05, 3.63) is 85.1 Å². The zero-order valence-electron chi connectivity index (χ0n) is 41.1. The molecule has 0 aliphatic carbocycles. The van der Waals surface area contributed by atoms with Crippen LogP contribution < -0.4 is 0 Å². The van der Waals surface area contributed by atoms with Gasteiger partial charge < -0.3 is 14.2 Å². The van der Waals surface area contributed by atoms with E-state index in [1.807, 2.05) is 6.08 Å². The zero-order valence-corrected chi connectivity index (χ0v) is 41.1. The molecule has 0 heterocycles. The van der Waals surface area contributed by atoms with Gasteiger partial charge in [0.25, 0.3) is 0 Å². The molecular weight excluding hydrogens is 781 g/mol. The molecule has 0 fully saturated rings. The first kappa shape index (κ1) is 59.6. The minimum absolute atomic E-state index is 0.111. The number of hydrogen-bond acceptors (Lipinski definition) is 6. The zero-order chi connectivity index (χ0) is 45.8. The van der Waals surface area contributed by atoms with Crippen molar-refractivity contribution in [1.29, 1.82) is 0 Å². The smallest absolute Gasteiger partial charge is 0.309 e. The van der Waals surface area contributed by atoms with E-state index < -0.39 is 12.1 Å². The molecule has 0 aliphatic rings. The van der Waals surface area contributed by atoms with Crippen LogP contribution in [0.25, 0.3) is 0 Å². The topological polar surface area (TPSA) is 78.9 Å². The average molecular weight is 877 g/mol. The lowest BCUT2D eigenvalue weighted by molar-refractivity contribution is -0.166. The number of carbonyl (C=O) groups is 3. The van der Waals surface area contributed by atoms with Crippen molar-refractivity contribution in [1.82, 2.24) is 0 Å². The molecule has 6 heteroatoms. The molecule has 0 aromatic rings. The van der Waals surface area contributed by atoms with Crippen molar-refractivity contribution in [2.45, 2.75) is 245 Å². The lowest BCUT2D eigenvalue weighted by atomic mass is 10.0. The Bertz CT molecular complexity index is 1240. The van der Waals surface area contributed by atoms with Gasteiger partial charge in [0.05, 0.1) is 6.42 Å². The van der Waals surface area contributed by atoms with Gasteiger partial charge in [-0.15, -0.1) is 0 Å². The van der Waals surface area contributed by atoms with Crippen LogP contribution in [0.2, 0.25) is 0 Å². The fourth-order valence-electron chi connectivity index (χ4n) is 7.02. The summed E-state index contributed by atoms with van der Waals surface area (Å²) in [6, 6.07) is 0. The summed E-state index contributed by atoms with van der Waals surface area (Å²) in [7, 11) is 0. The van der Waals surface area contributed by atoms with Gasteiger partial charge in [-0.3, -0.25) is 14.4 Å². The van der Waals surface area contributed by atoms with Crippen molar-refractivity contribution < 1.29 is 28.6 Å². The molecule has 0 spiro atoms. The molecule has 6 nitrogen and oxygen atoms in total. The van der Waals surface area contributed by atoms with Crippen LogP contribution in [0, 0.1) is 0 Å². The average Bonchev–Trinajstić information content (AvgIpc) is 3.28. The SMILES string of the molecule is CC/C=C\C/C=C\C/C=C\C/C=C\C/C=C\CC(=O)OCC(COC(=O)CCCCCCCCCCCCCCCCC)OC(=O)CCCCCCC/C=C\C/C=C\CCCCC. The van der Waals surface area contributed by atoms with Crippen LogP contribution in [0.3, 0.4) is 0 Å². The first-order chi connectivity index (χ1) is 31.0. The summed E-state index contributed by atoms with van der Waals surface area (Å²) in [6.45, 7) is 6.40. The number of rotatable bonds is 46. The Morgan fingerprint density at radius 2 is 0.683 bits per heavy atom. The second-order valence-electron chi connectivity index (χ2n) is 17.1. The molecule has 1 unspecified atom stereocenters. The maximum Gasteiger partial charge on any atom is 0.309 e. The second-order valence-corrected chi connectivity index (χ2v) is 17.1. The molecule has 0 radical (unpaired) electrons. The lowest BCUT2D eigenvalue weighted by Crippen LogP contribution is -2.30. The molecule has 0 amide bonds. The quantitative estimate of drug-likeness (QED) is 0.0262. The maximum atomic E-state index is 12.8. The Kier molecular flexibility index (Phi) is 48.5. The van der Waals surface area contributed by atoms with E-state index in [2.05, 4.69) is 93.7 Å². The van der Waals surface area contributed by atoms with E-state index in [-0.39, 0.29) is 31.6 Å². The minimum atomic E-state index is -0.821. The number of carbonyl (C=O) groups excluding carboxylic acids is 3. The third-order valence-corrected chi connectivity index (χ3v) is 10.9. The van der Waals surface area contributed by atoms with Gasteiger partial charge in [-0.2, -0.15) is 0 Å². The van der Waals surface area contributed by atoms with Crippen LogP contribution in [-0.4, -0.2) is 37.2 Å². The molecule has 360 valence electrons. The van der Waals surface area contributed by atoms with Crippen LogP contribution in [0.5, 0.6) is 0 Å². The summed E-state index contributed by atoms with van der Waals surface area (Å²) in [4.78, 5) is 37.9. The highest BCUT2D eigenvalue weighted by Gasteiger charge is 2.19. The van der Waals surface area contributed by atoms with Crippen LogP contribution >= 0.6 is 0 Å². The van der Waals surface area contributed by atoms with Gasteiger partial charge in [0.1, 0.15) is 13.2 Å². The summed E-state index contributed by atoms with van der Waals surface area (Å²) in [5.41, 5.74) is 0. The van der Waals surface area contributed by atoms with E-state index in [1.54, 1.807) is 6.08 Å². The van der Waals surface area contributed by atoms with Gasteiger partial charge in [0.15, 0.2) is 6.10 Å². The standard InChI is InChI=1S/C57H96O6/c1-4-7-10-13-16-19-22-25-28-31-34-37-40-43-46-49-55(58)61-52-54(63-57(60)51-48-45-42-39-36-33-30-27-24-21-18-15-12-9-6-3)53-62-56(59)50-47-44-41-38-35-32-29-26-23-20-17-14-11-8-5-2/h7,10,16,18-19,21,25,27-28,30,34,37,43,46,54H,4-6,8-9,11-15,17,20,22-24,26,29,31-33,35-36,38-42,44-45,47-53H2,1-3H3/b10-7-,19-16-,21-18-,28-25-,30-27-,37-34-,46-43-. The van der Waals surface area contributed by atoms with Gasteiger partial charge in [-0.05, 0) is 77.0 Å². The summed E-state index contributed by atoms with van der Waals surface area (Å²) in [6.07, 6.45) is 65.9. The van der Waals surface area contributed by atoms with E-state index in [9.17, 15) is 14.4 Å². The largest absolute Gasteiger partial charge is 0.462 e. The van der Waals surface area contributed by atoms with Crippen LogP contribution in [0.4, 0.5) is 0 Å². The van der Waals surface area contributed by atoms with Gasteiger partial charge in [-0.25, -0.2) is 0 Å². The first-order valence-electron chi connectivity index (χ1n) is 26.1. The van der Waals surface area contributed by atoms with Crippen molar-refractivity contribution in [3.63, 3.8) is 0 Å². The van der Waals surface area contributed by atoms with E-state index >= 15 is 0 Å². The van der Waals surface area contributed by atoms with Gasteiger partial charge in [0.2, 0.25) is 0 Å². The Morgan fingerprint density at radius 1 is 0.349 bits per heavy atom. The van der Waals surface area contributed by atoms with Gasteiger partial charge >= 0.3 is 17.9 Å². The molecule has 0 N–H and O–H groups in total. The number of unbranched alkanes of at least 4 members (excludes halogenated alkanes) is 22. The predicted octanol–water partition coefficient (Wildman–Crippen LogP) is 17.2. The molecule has 0 aliphatic heterocycles. The van der Waals surface area contributed by atoms with E-state index in [1.165, 1.54) is 103 Å². The van der Waals surface area contributed by atoms with E-state index in [4.69, 9.17) is 14.2 Å². The van der Waals surface area contributed by atoms with E-state index in [0.29, 0.717) is 12.8 Å². The number of hydrogen-bond donors (Lipinski definition) is 0. The summed E-state index contributed by atoms with van der Waals surface area (Å²) >= 11 is 0. The lowest BCUT2D eigenvalue weighted by Gasteiger charge is -2.18. The Balaban J connectivity index is 4.52. The fourth-order valence-corrected chi connectivity index (χ4v) is 7.02. The number of ether oxygens (including phenoxy) is 3. The molecule has 0 saturated heterocycles. The van der Waals surface area contributed by atoms with Gasteiger partial charge in [-0.1, -0.05) is 228 Å². The normalized spacial score (nSPS) is 12.7. The molecule has 0 bridgehead atoms. The highest BCUT2D eigenvalue weighted by Crippen LogP contribution is 2.15. The molecule has 0 aromatic carbocycles. The molecular formula is C57H96O6. The molecule has 63 heavy (non-hydrogen) atoms. The molecule has 0 saturated carbocycles. The highest BCUT2D eigenvalue weighted by molar-refractivity contribution is 5.72. The fraction of sp³-hybridized carbons (Fsp3) is 0.702. The Labute approximate surface area is 388 Å². The predicted molar refractivity (Wildman–Crippen MR) is 270 cm³/mol. The molecule has 1 atom stereocenters. The Hall–Kier alpha value is -3.41. The number of allylic oxidation sites excluding steroid dienone is 13. The summed E-state index contributed by atoms with van der Waals surface area (Å²) in [5.74, 6) is -1.06. The summed E-state index contributed by atoms with van der Waals surface area (Å²) in [5, 5.41) is 0.